The molecule has 0 radical (unpaired) electrons. The van der Waals surface area contributed by atoms with E-state index < -0.39 is 0 Å². The molecule has 0 spiro atoms. The topological polar surface area (TPSA) is 51.0 Å². The standard InChI is InChI=1S/C16H21N3OS.ClH/c1-11(17-2)8-15-18-16(20-19-15)10-21-14-7-6-12-4-3-5-13(12)9-14;/h6-7,9,11,17H,3-5,8,10H2,1-2H3;1H. The van der Waals surface area contributed by atoms with Crippen molar-refractivity contribution < 1.29 is 4.52 Å². The number of aromatic nitrogens is 2. The van der Waals surface area contributed by atoms with Crippen LogP contribution in [-0.4, -0.2) is 23.2 Å². The molecule has 0 saturated carbocycles. The third kappa shape index (κ3) is 4.24. The lowest BCUT2D eigenvalue weighted by Crippen LogP contribution is -2.24. The van der Waals surface area contributed by atoms with E-state index in [1.54, 1.807) is 11.8 Å². The van der Waals surface area contributed by atoms with Gasteiger partial charge < -0.3 is 9.84 Å². The number of nitrogens with zero attached hydrogens (tertiary/aromatic N) is 2. The lowest BCUT2D eigenvalue weighted by atomic mass is 10.1. The van der Waals surface area contributed by atoms with Gasteiger partial charge in [0, 0.05) is 17.4 Å². The van der Waals surface area contributed by atoms with Crippen molar-refractivity contribution in [3.63, 3.8) is 0 Å². The van der Waals surface area contributed by atoms with Crippen LogP contribution in [0.15, 0.2) is 27.6 Å². The number of likely N-dealkylation sites (N-methyl/N-ethyl adjacent to an activating group) is 1. The number of aryl methyl sites for hydroxylation is 2. The molecule has 0 aliphatic heterocycles. The van der Waals surface area contributed by atoms with E-state index in [1.807, 2.05) is 7.05 Å². The Morgan fingerprint density at radius 1 is 1.32 bits per heavy atom. The predicted molar refractivity (Wildman–Crippen MR) is 91.8 cm³/mol. The van der Waals surface area contributed by atoms with Gasteiger partial charge in [-0.05, 0) is 56.5 Å². The molecule has 1 aliphatic rings. The van der Waals surface area contributed by atoms with Crippen molar-refractivity contribution >= 4 is 24.2 Å². The van der Waals surface area contributed by atoms with E-state index in [0.29, 0.717) is 11.9 Å². The van der Waals surface area contributed by atoms with Crippen molar-refractivity contribution in [3.8, 4) is 0 Å². The van der Waals surface area contributed by atoms with Gasteiger partial charge in [-0.3, -0.25) is 0 Å². The minimum atomic E-state index is 0. The van der Waals surface area contributed by atoms with Crippen LogP contribution in [0.5, 0.6) is 0 Å². The Bertz CT molecular complexity index is 617. The molecule has 0 saturated heterocycles. The van der Waals surface area contributed by atoms with Crippen LogP contribution in [0.1, 0.15) is 36.2 Å². The summed E-state index contributed by atoms with van der Waals surface area (Å²) >= 11 is 1.77. The van der Waals surface area contributed by atoms with Crippen molar-refractivity contribution in [1.82, 2.24) is 15.5 Å². The maximum absolute atomic E-state index is 5.31. The first-order valence-corrected chi connectivity index (χ1v) is 8.46. The average molecular weight is 340 g/mol. The monoisotopic (exact) mass is 339 g/mol. The van der Waals surface area contributed by atoms with Crippen molar-refractivity contribution in [3.05, 3.63) is 41.0 Å². The van der Waals surface area contributed by atoms with Crippen molar-refractivity contribution in [2.45, 2.75) is 49.3 Å². The summed E-state index contributed by atoms with van der Waals surface area (Å²) in [6, 6.07) is 7.14. The van der Waals surface area contributed by atoms with Gasteiger partial charge in [0.25, 0.3) is 0 Å². The fourth-order valence-electron chi connectivity index (χ4n) is 2.59. The second kappa shape index (κ2) is 7.99. The number of thioether (sulfide) groups is 1. The molecule has 1 aromatic carbocycles. The molecule has 6 heteroatoms. The van der Waals surface area contributed by atoms with Crippen LogP contribution in [0.25, 0.3) is 0 Å². The number of fused-ring (bicyclic) bond motifs is 1. The zero-order valence-electron chi connectivity index (χ0n) is 13.0. The van der Waals surface area contributed by atoms with Crippen LogP contribution in [0.4, 0.5) is 0 Å². The number of rotatable bonds is 6. The highest BCUT2D eigenvalue weighted by molar-refractivity contribution is 7.98. The minimum Gasteiger partial charge on any atom is -0.338 e. The van der Waals surface area contributed by atoms with Gasteiger partial charge in [-0.25, -0.2) is 0 Å². The third-order valence-electron chi connectivity index (χ3n) is 3.92. The molecule has 0 bridgehead atoms. The van der Waals surface area contributed by atoms with Gasteiger partial charge in [0.15, 0.2) is 5.82 Å². The van der Waals surface area contributed by atoms with E-state index in [0.717, 1.165) is 18.0 Å². The number of hydrogen-bond acceptors (Lipinski definition) is 5. The van der Waals surface area contributed by atoms with Crippen LogP contribution in [0.3, 0.4) is 0 Å². The van der Waals surface area contributed by atoms with Crippen LogP contribution in [0, 0.1) is 0 Å². The molecule has 1 aromatic heterocycles. The van der Waals surface area contributed by atoms with Gasteiger partial charge in [0.1, 0.15) is 0 Å². The third-order valence-corrected chi connectivity index (χ3v) is 4.90. The van der Waals surface area contributed by atoms with Crippen LogP contribution < -0.4 is 5.32 Å². The molecule has 1 aliphatic carbocycles. The Kier molecular flexibility index (Phi) is 6.29. The fraction of sp³-hybridized carbons (Fsp3) is 0.500. The normalized spacial score (nSPS) is 14.5. The predicted octanol–water partition coefficient (Wildman–Crippen LogP) is 3.42. The Balaban J connectivity index is 0.00000176. The van der Waals surface area contributed by atoms with Crippen LogP contribution in [0.2, 0.25) is 0 Å². The molecule has 2 aromatic rings. The van der Waals surface area contributed by atoms with Gasteiger partial charge in [0.05, 0.1) is 5.75 Å². The summed E-state index contributed by atoms with van der Waals surface area (Å²) in [5, 5.41) is 7.21. The smallest absolute Gasteiger partial charge is 0.237 e. The summed E-state index contributed by atoms with van der Waals surface area (Å²) in [6.45, 7) is 2.11. The van der Waals surface area contributed by atoms with Gasteiger partial charge in [-0.1, -0.05) is 11.2 Å². The Morgan fingerprint density at radius 3 is 2.95 bits per heavy atom. The van der Waals surface area contributed by atoms with E-state index in [-0.39, 0.29) is 12.4 Å². The maximum atomic E-state index is 5.31. The SMILES string of the molecule is CNC(C)Cc1noc(CSc2ccc3c(c2)CCC3)n1.Cl. The summed E-state index contributed by atoms with van der Waals surface area (Å²) in [5.41, 5.74) is 3.02. The Morgan fingerprint density at radius 2 is 2.14 bits per heavy atom. The molecule has 1 atom stereocenters. The van der Waals surface area contributed by atoms with Crippen LogP contribution >= 0.6 is 24.2 Å². The Labute approximate surface area is 141 Å². The zero-order chi connectivity index (χ0) is 14.7. The lowest BCUT2D eigenvalue weighted by Gasteiger charge is -2.04. The minimum absolute atomic E-state index is 0. The van der Waals surface area contributed by atoms with Crippen molar-refractivity contribution in [2.75, 3.05) is 7.05 Å². The summed E-state index contributed by atoms with van der Waals surface area (Å²) in [7, 11) is 1.94. The van der Waals surface area contributed by atoms with Gasteiger partial charge in [-0.15, -0.1) is 24.2 Å². The van der Waals surface area contributed by atoms with Crippen molar-refractivity contribution in [2.24, 2.45) is 0 Å². The average Bonchev–Trinajstić information content (AvgIpc) is 3.13. The second-order valence-electron chi connectivity index (χ2n) is 5.57. The molecule has 1 heterocycles. The lowest BCUT2D eigenvalue weighted by molar-refractivity contribution is 0.382. The number of benzene rings is 1. The summed E-state index contributed by atoms with van der Waals surface area (Å²) in [4.78, 5) is 5.74. The zero-order valence-corrected chi connectivity index (χ0v) is 14.6. The molecule has 4 nitrogen and oxygen atoms in total. The molecule has 1 unspecified atom stereocenters. The van der Waals surface area contributed by atoms with Crippen LogP contribution in [-0.2, 0) is 25.0 Å². The first-order chi connectivity index (χ1) is 10.2. The van der Waals surface area contributed by atoms with E-state index >= 15 is 0 Å². The largest absolute Gasteiger partial charge is 0.338 e. The highest BCUT2D eigenvalue weighted by atomic mass is 35.5. The van der Waals surface area contributed by atoms with E-state index in [1.165, 1.54) is 35.3 Å². The quantitative estimate of drug-likeness (QED) is 0.817. The van der Waals surface area contributed by atoms with Gasteiger partial charge in [-0.2, -0.15) is 4.98 Å². The van der Waals surface area contributed by atoms with E-state index in [9.17, 15) is 0 Å². The molecule has 120 valence electrons. The van der Waals surface area contributed by atoms with Crippen molar-refractivity contribution in [1.29, 1.82) is 0 Å². The number of hydrogen-bond donors (Lipinski definition) is 1. The molecule has 22 heavy (non-hydrogen) atoms. The highest BCUT2D eigenvalue weighted by Crippen LogP contribution is 2.29. The Hall–Kier alpha value is -1.04. The maximum Gasteiger partial charge on any atom is 0.237 e. The van der Waals surface area contributed by atoms with E-state index in [4.69, 9.17) is 4.52 Å². The van der Waals surface area contributed by atoms with Gasteiger partial charge in [0.2, 0.25) is 5.89 Å². The first-order valence-electron chi connectivity index (χ1n) is 7.48. The summed E-state index contributed by atoms with van der Waals surface area (Å²) in [5.74, 6) is 2.22. The van der Waals surface area contributed by atoms with Gasteiger partial charge >= 0.3 is 0 Å². The molecular weight excluding hydrogens is 318 g/mol. The molecular formula is C16H22ClN3OS. The highest BCUT2D eigenvalue weighted by Gasteiger charge is 2.12. The molecule has 0 amide bonds. The molecule has 0 fully saturated rings. The molecule has 3 rings (SSSR count). The second-order valence-corrected chi connectivity index (χ2v) is 6.62. The van der Waals surface area contributed by atoms with E-state index in [2.05, 4.69) is 40.6 Å². The molecule has 1 N–H and O–H groups in total. The number of nitrogens with one attached hydrogen (secondary N) is 1. The number of halogens is 1. The summed E-state index contributed by atoms with van der Waals surface area (Å²) in [6.07, 6.45) is 4.54. The summed E-state index contributed by atoms with van der Waals surface area (Å²) < 4.78 is 5.31. The fourth-order valence-corrected chi connectivity index (χ4v) is 3.39. The first kappa shape index (κ1) is 17.3.